The fourth-order valence-corrected chi connectivity index (χ4v) is 2.90. The van der Waals surface area contributed by atoms with Gasteiger partial charge in [-0.15, -0.1) is 0 Å². The van der Waals surface area contributed by atoms with E-state index in [4.69, 9.17) is 16.3 Å². The number of ether oxygens (including phenoxy) is 1. The zero-order valence-corrected chi connectivity index (χ0v) is 16.0. The molecule has 0 unspecified atom stereocenters. The number of anilines is 2. The Balaban J connectivity index is 1.78. The summed E-state index contributed by atoms with van der Waals surface area (Å²) in [4.78, 5) is 38.3. The Morgan fingerprint density at radius 1 is 1.07 bits per heavy atom. The molecule has 0 radical (unpaired) electrons. The van der Waals surface area contributed by atoms with Crippen molar-refractivity contribution in [2.24, 2.45) is 0 Å². The van der Waals surface area contributed by atoms with Gasteiger partial charge >= 0.3 is 5.97 Å². The largest absolute Gasteiger partial charge is 0.462 e. The van der Waals surface area contributed by atoms with Crippen LogP contribution in [0.5, 0.6) is 0 Å². The molecule has 1 N–H and O–H groups in total. The van der Waals surface area contributed by atoms with Crippen molar-refractivity contribution >= 4 is 40.8 Å². The lowest BCUT2D eigenvalue weighted by Crippen LogP contribution is -2.32. The fraction of sp³-hybridized carbons (Fsp3) is 0.190. The average Bonchev–Trinajstić information content (AvgIpc) is 2.92. The molecule has 1 aliphatic rings. The van der Waals surface area contributed by atoms with Gasteiger partial charge in [-0.05, 0) is 36.8 Å². The second kappa shape index (κ2) is 8.71. The van der Waals surface area contributed by atoms with Crippen LogP contribution in [-0.2, 0) is 14.3 Å². The van der Waals surface area contributed by atoms with Crippen LogP contribution in [0.2, 0.25) is 0 Å². The lowest BCUT2D eigenvalue weighted by atomic mass is 10.2. The minimum Gasteiger partial charge on any atom is -0.462 e. The topological polar surface area (TPSA) is 75.7 Å². The zero-order valence-electron chi connectivity index (χ0n) is 15.3. The van der Waals surface area contributed by atoms with Crippen LogP contribution < -0.4 is 10.2 Å². The van der Waals surface area contributed by atoms with Crippen molar-refractivity contribution in [1.82, 2.24) is 0 Å². The molecule has 3 rings (SSSR count). The number of halogens is 1. The molecule has 0 atom stereocenters. The van der Waals surface area contributed by atoms with Crippen molar-refractivity contribution in [2.75, 3.05) is 16.8 Å². The van der Waals surface area contributed by atoms with Gasteiger partial charge in [0.15, 0.2) is 0 Å². The average molecular weight is 399 g/mol. The van der Waals surface area contributed by atoms with E-state index in [9.17, 15) is 14.4 Å². The smallest absolute Gasteiger partial charge is 0.338 e. The van der Waals surface area contributed by atoms with E-state index in [0.717, 1.165) is 17.7 Å². The molecule has 0 aliphatic carbocycles. The minimum atomic E-state index is -0.601. The number of rotatable bonds is 7. The highest BCUT2D eigenvalue weighted by molar-refractivity contribution is 6.53. The maximum Gasteiger partial charge on any atom is 0.338 e. The van der Waals surface area contributed by atoms with Gasteiger partial charge in [-0.3, -0.25) is 9.59 Å². The third-order valence-corrected chi connectivity index (χ3v) is 4.49. The third-order valence-electron chi connectivity index (χ3n) is 4.14. The number of benzene rings is 2. The molecular formula is C21H19ClN2O4. The van der Waals surface area contributed by atoms with Gasteiger partial charge < -0.3 is 10.1 Å². The monoisotopic (exact) mass is 398 g/mol. The van der Waals surface area contributed by atoms with Gasteiger partial charge in [0.05, 0.1) is 17.9 Å². The summed E-state index contributed by atoms with van der Waals surface area (Å²) in [5.74, 6) is -1.61. The van der Waals surface area contributed by atoms with E-state index < -0.39 is 17.8 Å². The number of nitrogens with zero attached hydrogens (tertiary/aromatic N) is 1. The summed E-state index contributed by atoms with van der Waals surface area (Å²) in [7, 11) is 0. The van der Waals surface area contributed by atoms with Gasteiger partial charge in [-0.2, -0.15) is 0 Å². The Labute approximate surface area is 167 Å². The second-order valence-electron chi connectivity index (χ2n) is 6.17. The van der Waals surface area contributed by atoms with E-state index >= 15 is 0 Å². The van der Waals surface area contributed by atoms with E-state index in [-0.39, 0.29) is 10.7 Å². The normalized spacial score (nSPS) is 13.9. The van der Waals surface area contributed by atoms with Gasteiger partial charge in [-0.1, -0.05) is 49.2 Å². The van der Waals surface area contributed by atoms with Gasteiger partial charge in [0, 0.05) is 5.69 Å². The molecule has 2 aromatic carbocycles. The summed E-state index contributed by atoms with van der Waals surface area (Å²) >= 11 is 6.12. The standard InChI is InChI=1S/C21H19ClN2O4/c1-2-3-12-28-21(27)14-8-7-9-15(13-14)23-18-17(22)19(25)24(20(18)26)16-10-5-4-6-11-16/h4-11,13,23H,2-3,12H2,1H3. The summed E-state index contributed by atoms with van der Waals surface area (Å²) in [6, 6.07) is 15.0. The molecule has 0 saturated carbocycles. The number of hydrogen-bond acceptors (Lipinski definition) is 5. The summed E-state index contributed by atoms with van der Waals surface area (Å²) in [6.45, 7) is 2.36. The van der Waals surface area contributed by atoms with E-state index in [1.165, 1.54) is 0 Å². The Morgan fingerprint density at radius 2 is 1.82 bits per heavy atom. The molecule has 7 heteroatoms. The van der Waals surface area contributed by atoms with Crippen LogP contribution in [0.1, 0.15) is 30.1 Å². The Morgan fingerprint density at radius 3 is 2.54 bits per heavy atom. The van der Waals surface area contributed by atoms with Crippen molar-refractivity contribution in [3.05, 3.63) is 70.9 Å². The van der Waals surface area contributed by atoms with Crippen LogP contribution in [0.3, 0.4) is 0 Å². The molecular weight excluding hydrogens is 380 g/mol. The van der Waals surface area contributed by atoms with Crippen molar-refractivity contribution in [2.45, 2.75) is 19.8 Å². The number of carbonyl (C=O) groups is 3. The molecule has 6 nitrogen and oxygen atoms in total. The van der Waals surface area contributed by atoms with Gasteiger partial charge in [0.1, 0.15) is 10.7 Å². The quantitative estimate of drug-likeness (QED) is 0.432. The van der Waals surface area contributed by atoms with Gasteiger partial charge in [0.25, 0.3) is 11.8 Å². The molecule has 1 heterocycles. The lowest BCUT2D eigenvalue weighted by Gasteiger charge is -2.15. The number of imide groups is 1. The first kappa shape index (κ1) is 19.6. The van der Waals surface area contributed by atoms with Gasteiger partial charge in [-0.25, -0.2) is 9.69 Å². The molecule has 0 spiro atoms. The maximum absolute atomic E-state index is 12.7. The first-order valence-electron chi connectivity index (χ1n) is 8.90. The molecule has 1 aliphatic heterocycles. The number of para-hydroxylation sites is 1. The summed E-state index contributed by atoms with van der Waals surface area (Å²) in [5, 5.41) is 2.66. The van der Waals surface area contributed by atoms with Crippen molar-refractivity contribution in [1.29, 1.82) is 0 Å². The molecule has 0 fully saturated rings. The predicted molar refractivity (Wildman–Crippen MR) is 107 cm³/mol. The van der Waals surface area contributed by atoms with E-state index in [0.29, 0.717) is 23.5 Å². The molecule has 0 saturated heterocycles. The molecule has 0 bridgehead atoms. The molecule has 2 aromatic rings. The highest BCUT2D eigenvalue weighted by atomic mass is 35.5. The predicted octanol–water partition coefficient (Wildman–Crippen LogP) is 4.08. The Kier molecular flexibility index (Phi) is 6.11. The number of unbranched alkanes of at least 4 members (excludes halogenated alkanes) is 1. The number of esters is 1. The van der Waals surface area contributed by atoms with Crippen LogP contribution in [0, 0.1) is 0 Å². The Hall–Kier alpha value is -3.12. The highest BCUT2D eigenvalue weighted by Gasteiger charge is 2.38. The van der Waals surface area contributed by atoms with E-state index in [1.807, 2.05) is 6.92 Å². The van der Waals surface area contributed by atoms with Crippen LogP contribution in [0.4, 0.5) is 11.4 Å². The number of carbonyl (C=O) groups excluding carboxylic acids is 3. The van der Waals surface area contributed by atoms with Crippen LogP contribution in [-0.4, -0.2) is 24.4 Å². The maximum atomic E-state index is 12.7. The first-order chi connectivity index (χ1) is 13.5. The lowest BCUT2D eigenvalue weighted by molar-refractivity contribution is -0.120. The minimum absolute atomic E-state index is 0.0352. The summed E-state index contributed by atoms with van der Waals surface area (Å²) < 4.78 is 5.19. The van der Waals surface area contributed by atoms with Crippen molar-refractivity contribution in [3.8, 4) is 0 Å². The Bertz CT molecular complexity index is 940. The third kappa shape index (κ3) is 4.07. The number of nitrogens with one attached hydrogen (secondary N) is 1. The van der Waals surface area contributed by atoms with Gasteiger partial charge in [0.2, 0.25) is 0 Å². The first-order valence-corrected chi connectivity index (χ1v) is 9.28. The highest BCUT2D eigenvalue weighted by Crippen LogP contribution is 2.30. The van der Waals surface area contributed by atoms with Crippen LogP contribution >= 0.6 is 11.6 Å². The molecule has 144 valence electrons. The van der Waals surface area contributed by atoms with E-state index in [1.54, 1.807) is 54.6 Å². The molecule has 2 amide bonds. The van der Waals surface area contributed by atoms with Crippen LogP contribution in [0.15, 0.2) is 65.3 Å². The van der Waals surface area contributed by atoms with Crippen LogP contribution in [0.25, 0.3) is 0 Å². The fourth-order valence-electron chi connectivity index (χ4n) is 2.68. The molecule has 0 aromatic heterocycles. The SMILES string of the molecule is CCCCOC(=O)c1cccc(NC2=C(Cl)C(=O)N(c3ccccc3)C2=O)c1. The summed E-state index contributed by atoms with van der Waals surface area (Å²) in [6.07, 6.45) is 1.72. The van der Waals surface area contributed by atoms with E-state index in [2.05, 4.69) is 5.32 Å². The van der Waals surface area contributed by atoms with Crippen molar-refractivity contribution < 1.29 is 19.1 Å². The zero-order chi connectivity index (χ0) is 20.1. The number of hydrogen-bond donors (Lipinski definition) is 1. The summed E-state index contributed by atoms with van der Waals surface area (Å²) in [5.41, 5.74) is 1.19. The van der Waals surface area contributed by atoms with Crippen molar-refractivity contribution in [3.63, 3.8) is 0 Å². The molecule has 28 heavy (non-hydrogen) atoms. The number of amides is 2. The second-order valence-corrected chi connectivity index (χ2v) is 6.54.